The van der Waals surface area contributed by atoms with Crippen LogP contribution in [0.15, 0.2) is 12.1 Å². The Morgan fingerprint density at radius 1 is 1.27 bits per heavy atom. The van der Waals surface area contributed by atoms with Gasteiger partial charge in [0.15, 0.2) is 0 Å². The summed E-state index contributed by atoms with van der Waals surface area (Å²) < 4.78 is 39.0. The normalized spacial score (nSPS) is 17.8. The molecule has 1 aliphatic rings. The van der Waals surface area contributed by atoms with Crippen LogP contribution < -0.4 is 0 Å². The molecular weight excluding hydrogens is 342 g/mol. The summed E-state index contributed by atoms with van der Waals surface area (Å²) in [6, 6.07) is 2.88. The van der Waals surface area contributed by atoms with Gasteiger partial charge >= 0.3 is 6.18 Å². The second-order valence-corrected chi connectivity index (χ2v) is 5.92. The van der Waals surface area contributed by atoms with Crippen LogP contribution >= 0.6 is 23.2 Å². The maximum absolute atomic E-state index is 12.5. The Kier molecular flexibility index (Phi) is 3.72. The minimum Gasteiger partial charge on any atom is -0.508 e. The predicted molar refractivity (Wildman–Crippen MR) is 74.4 cm³/mol. The number of halogens is 5. The molecule has 1 aliphatic heterocycles. The minimum absolute atomic E-state index is 0.0320. The van der Waals surface area contributed by atoms with Gasteiger partial charge in [-0.2, -0.15) is 13.2 Å². The average molecular weight is 352 g/mol. The topological polar surface area (TPSA) is 50.9 Å². The van der Waals surface area contributed by atoms with Gasteiger partial charge in [0, 0.05) is 24.4 Å². The lowest BCUT2D eigenvalue weighted by molar-refractivity contribution is -0.129. The molecule has 22 heavy (non-hydrogen) atoms. The number of fused-ring (bicyclic) bond motifs is 1. The van der Waals surface area contributed by atoms with E-state index >= 15 is 0 Å². The molecule has 1 N–H and O–H groups in total. The van der Waals surface area contributed by atoms with Crippen molar-refractivity contribution in [2.75, 3.05) is 0 Å². The van der Waals surface area contributed by atoms with E-state index in [2.05, 4.69) is 10.2 Å². The zero-order chi connectivity index (χ0) is 16.1. The van der Waals surface area contributed by atoms with Crippen LogP contribution in [0.5, 0.6) is 5.75 Å². The van der Waals surface area contributed by atoms with Crippen molar-refractivity contribution in [1.29, 1.82) is 0 Å². The Morgan fingerprint density at radius 3 is 2.68 bits per heavy atom. The molecule has 118 valence electrons. The Labute approximate surface area is 133 Å². The number of alkyl halides is 3. The highest BCUT2D eigenvalue weighted by Gasteiger charge is 2.35. The lowest BCUT2D eigenvalue weighted by atomic mass is 9.96. The van der Waals surface area contributed by atoms with Crippen LogP contribution in [0.2, 0.25) is 10.0 Å². The summed E-state index contributed by atoms with van der Waals surface area (Å²) in [5.41, 5.74) is 0.428. The van der Waals surface area contributed by atoms with Crippen molar-refractivity contribution >= 4 is 23.2 Å². The molecule has 0 saturated carbocycles. The van der Waals surface area contributed by atoms with Crippen LogP contribution in [0, 0.1) is 0 Å². The summed E-state index contributed by atoms with van der Waals surface area (Å²) in [5, 5.41) is 17.9. The number of phenolic OH excluding ortho intramolecular Hbond substituents is 1. The Morgan fingerprint density at radius 2 is 2.00 bits per heavy atom. The first-order valence-corrected chi connectivity index (χ1v) is 7.16. The van der Waals surface area contributed by atoms with Crippen LogP contribution in [-0.2, 0) is 19.4 Å². The minimum atomic E-state index is -4.35. The number of aromatic nitrogens is 3. The standard InChI is InChI=1S/C13H10Cl2F3N3O/c14-7-1-2-8(22)11(12(7)15)6-3-9-19-20-10(21(9)5-6)4-13(16,17)18/h1-2,6,22H,3-5H2. The van der Waals surface area contributed by atoms with Gasteiger partial charge in [-0.1, -0.05) is 23.2 Å². The van der Waals surface area contributed by atoms with E-state index < -0.39 is 12.6 Å². The molecule has 0 bridgehead atoms. The molecule has 1 unspecified atom stereocenters. The van der Waals surface area contributed by atoms with Crippen molar-refractivity contribution in [3.8, 4) is 5.75 Å². The van der Waals surface area contributed by atoms with Crippen LogP contribution in [-0.4, -0.2) is 26.0 Å². The van der Waals surface area contributed by atoms with Crippen LogP contribution in [0.25, 0.3) is 0 Å². The smallest absolute Gasteiger partial charge is 0.396 e. The molecule has 1 aromatic carbocycles. The first kappa shape index (κ1) is 15.4. The van der Waals surface area contributed by atoms with E-state index in [4.69, 9.17) is 23.2 Å². The second-order valence-electron chi connectivity index (χ2n) is 5.13. The summed E-state index contributed by atoms with van der Waals surface area (Å²) in [5.74, 6) is -0.0125. The van der Waals surface area contributed by atoms with Gasteiger partial charge in [0.2, 0.25) is 0 Å². The monoisotopic (exact) mass is 351 g/mol. The molecule has 0 fully saturated rings. The summed E-state index contributed by atoms with van der Waals surface area (Å²) >= 11 is 12.1. The molecule has 0 amide bonds. The maximum Gasteiger partial charge on any atom is 0.396 e. The number of phenols is 1. The summed E-state index contributed by atoms with van der Waals surface area (Å²) in [4.78, 5) is 0. The number of rotatable bonds is 2. The number of nitrogens with zero attached hydrogens (tertiary/aromatic N) is 3. The Hall–Kier alpha value is -1.47. The van der Waals surface area contributed by atoms with Crippen molar-refractivity contribution < 1.29 is 18.3 Å². The molecule has 0 radical (unpaired) electrons. The molecule has 4 nitrogen and oxygen atoms in total. The summed E-state index contributed by atoms with van der Waals surface area (Å²) in [6.45, 7) is 0.224. The van der Waals surface area contributed by atoms with Crippen molar-refractivity contribution in [3.63, 3.8) is 0 Å². The summed E-state index contributed by atoms with van der Waals surface area (Å²) in [7, 11) is 0. The quantitative estimate of drug-likeness (QED) is 0.896. The third-order valence-corrected chi connectivity index (χ3v) is 4.43. The fourth-order valence-electron chi connectivity index (χ4n) is 2.69. The van der Waals surface area contributed by atoms with Crippen LogP contribution in [0.3, 0.4) is 0 Å². The van der Waals surface area contributed by atoms with Crippen molar-refractivity contribution in [2.45, 2.75) is 31.5 Å². The van der Waals surface area contributed by atoms with Crippen LogP contribution in [0.4, 0.5) is 13.2 Å². The molecule has 0 aliphatic carbocycles. The van der Waals surface area contributed by atoms with Gasteiger partial charge in [0.25, 0.3) is 0 Å². The van der Waals surface area contributed by atoms with E-state index in [0.717, 1.165) is 0 Å². The third-order valence-electron chi connectivity index (χ3n) is 3.61. The number of aromatic hydroxyl groups is 1. The van der Waals surface area contributed by atoms with E-state index in [9.17, 15) is 18.3 Å². The zero-order valence-electron chi connectivity index (χ0n) is 11.0. The largest absolute Gasteiger partial charge is 0.508 e. The lowest BCUT2D eigenvalue weighted by Gasteiger charge is -2.15. The Bertz CT molecular complexity index is 730. The molecule has 2 aromatic rings. The van der Waals surface area contributed by atoms with Crippen molar-refractivity contribution in [1.82, 2.24) is 14.8 Å². The van der Waals surface area contributed by atoms with E-state index in [1.807, 2.05) is 0 Å². The average Bonchev–Trinajstić information content (AvgIpc) is 2.95. The van der Waals surface area contributed by atoms with Gasteiger partial charge in [-0.25, -0.2) is 0 Å². The van der Waals surface area contributed by atoms with Gasteiger partial charge in [-0.05, 0) is 12.1 Å². The van der Waals surface area contributed by atoms with Crippen molar-refractivity contribution in [2.24, 2.45) is 0 Å². The molecular formula is C13H10Cl2F3N3O. The number of hydrogen-bond acceptors (Lipinski definition) is 3. The highest BCUT2D eigenvalue weighted by Crippen LogP contribution is 2.42. The maximum atomic E-state index is 12.5. The van der Waals surface area contributed by atoms with E-state index in [0.29, 0.717) is 17.8 Å². The molecule has 0 saturated heterocycles. The summed E-state index contributed by atoms with van der Waals surface area (Å²) in [6.07, 6.45) is -5.14. The third kappa shape index (κ3) is 2.75. The Balaban J connectivity index is 1.91. The number of benzene rings is 1. The highest BCUT2D eigenvalue weighted by molar-refractivity contribution is 6.42. The second kappa shape index (κ2) is 5.31. The zero-order valence-corrected chi connectivity index (χ0v) is 12.5. The molecule has 2 heterocycles. The van der Waals surface area contributed by atoms with E-state index in [1.54, 1.807) is 0 Å². The fourth-order valence-corrected chi connectivity index (χ4v) is 3.17. The van der Waals surface area contributed by atoms with Gasteiger partial charge in [0.1, 0.15) is 23.8 Å². The van der Waals surface area contributed by atoms with Gasteiger partial charge in [0.05, 0.1) is 10.0 Å². The fraction of sp³-hybridized carbons (Fsp3) is 0.385. The first-order valence-electron chi connectivity index (χ1n) is 6.41. The van der Waals surface area contributed by atoms with E-state index in [1.165, 1.54) is 16.7 Å². The number of hydrogen-bond donors (Lipinski definition) is 1. The molecule has 3 rings (SSSR count). The lowest BCUT2D eigenvalue weighted by Crippen LogP contribution is -2.16. The molecule has 0 spiro atoms. The van der Waals surface area contributed by atoms with Gasteiger partial charge in [-0.3, -0.25) is 0 Å². The predicted octanol–water partition coefficient (Wildman–Crippen LogP) is 3.74. The van der Waals surface area contributed by atoms with Crippen molar-refractivity contribution in [3.05, 3.63) is 39.4 Å². The van der Waals surface area contributed by atoms with Gasteiger partial charge < -0.3 is 9.67 Å². The van der Waals surface area contributed by atoms with Gasteiger partial charge in [-0.15, -0.1) is 10.2 Å². The molecule has 9 heteroatoms. The molecule has 1 atom stereocenters. The molecule has 1 aromatic heterocycles. The first-order chi connectivity index (χ1) is 10.3. The highest BCUT2D eigenvalue weighted by atomic mass is 35.5. The van der Waals surface area contributed by atoms with E-state index in [-0.39, 0.29) is 34.1 Å². The van der Waals surface area contributed by atoms with Crippen LogP contribution in [0.1, 0.15) is 23.1 Å². The SMILES string of the molecule is Oc1ccc(Cl)c(Cl)c1C1Cc2nnc(CC(F)(F)F)n2C1.